The van der Waals surface area contributed by atoms with E-state index >= 15 is 0 Å². The number of amides is 1. The minimum atomic E-state index is -4.79. The maximum atomic E-state index is 13.4. The largest absolute Gasteiger partial charge is 0.494 e. The first-order chi connectivity index (χ1) is 9.20. The van der Waals surface area contributed by atoms with Crippen LogP contribution in [0, 0.1) is 5.82 Å². The van der Waals surface area contributed by atoms with Gasteiger partial charge in [0.05, 0.1) is 13.2 Å². The average Bonchev–Trinajstić information content (AvgIpc) is 2.38. The number of ether oxygens (including phenoxy) is 1. The molecule has 1 amide bonds. The van der Waals surface area contributed by atoms with Gasteiger partial charge in [-0.3, -0.25) is 4.79 Å². The van der Waals surface area contributed by atoms with Crippen molar-refractivity contribution in [3.05, 3.63) is 29.6 Å². The Morgan fingerprint density at radius 1 is 1.35 bits per heavy atom. The molecule has 0 radical (unpaired) electrons. The zero-order valence-corrected chi connectivity index (χ0v) is 10.6. The lowest BCUT2D eigenvalue weighted by molar-refractivity contribution is -0.170. The monoisotopic (exact) mass is 297 g/mol. The van der Waals surface area contributed by atoms with Crippen molar-refractivity contribution in [2.24, 2.45) is 0 Å². The standard InChI is InChI=1S/C12H12F5NO2/c1-6(18-11(19)12(16,17)10(14)15)7-3-4-9(20-2)8(13)5-7/h3-6,10H,1-2H3,(H,18,19). The molecule has 0 saturated heterocycles. The molecule has 0 fully saturated rings. The van der Waals surface area contributed by atoms with Crippen molar-refractivity contribution in [3.63, 3.8) is 0 Å². The topological polar surface area (TPSA) is 38.3 Å². The SMILES string of the molecule is COc1ccc(C(C)NC(=O)C(F)(F)C(F)F)cc1F. The number of nitrogens with one attached hydrogen (secondary N) is 1. The second-order valence-corrected chi connectivity index (χ2v) is 4.01. The molecule has 20 heavy (non-hydrogen) atoms. The molecule has 1 N–H and O–H groups in total. The molecule has 0 spiro atoms. The summed E-state index contributed by atoms with van der Waals surface area (Å²) >= 11 is 0. The number of halogens is 5. The molecule has 3 nitrogen and oxygen atoms in total. The van der Waals surface area contributed by atoms with Crippen LogP contribution in [0.4, 0.5) is 22.0 Å². The molecule has 0 saturated carbocycles. The van der Waals surface area contributed by atoms with Crippen LogP contribution in [0.5, 0.6) is 5.75 Å². The lowest BCUT2D eigenvalue weighted by Gasteiger charge is -2.19. The molecule has 1 aromatic rings. The molecule has 8 heteroatoms. The van der Waals surface area contributed by atoms with Crippen LogP contribution >= 0.6 is 0 Å². The van der Waals surface area contributed by atoms with Crippen molar-refractivity contribution >= 4 is 5.91 Å². The van der Waals surface area contributed by atoms with E-state index < -0.39 is 30.1 Å². The zero-order chi connectivity index (χ0) is 15.5. The Labute approximate surface area is 111 Å². The van der Waals surface area contributed by atoms with E-state index in [1.165, 1.54) is 26.2 Å². The van der Waals surface area contributed by atoms with Crippen LogP contribution in [0.1, 0.15) is 18.5 Å². The van der Waals surface area contributed by atoms with Crippen LogP contribution < -0.4 is 10.1 Å². The molecule has 0 heterocycles. The highest BCUT2D eigenvalue weighted by Crippen LogP contribution is 2.26. The first-order valence-corrected chi connectivity index (χ1v) is 5.50. The number of alkyl halides is 4. The zero-order valence-electron chi connectivity index (χ0n) is 10.6. The summed E-state index contributed by atoms with van der Waals surface area (Å²) in [4.78, 5) is 11.0. The van der Waals surface area contributed by atoms with Crippen molar-refractivity contribution in [1.29, 1.82) is 0 Å². The summed E-state index contributed by atoms with van der Waals surface area (Å²) in [6.07, 6.45) is -4.11. The number of methoxy groups -OCH3 is 1. The highest BCUT2D eigenvalue weighted by atomic mass is 19.3. The normalized spacial score (nSPS) is 13.2. The van der Waals surface area contributed by atoms with Gasteiger partial charge in [0.1, 0.15) is 0 Å². The lowest BCUT2D eigenvalue weighted by atomic mass is 10.1. The Kier molecular flexibility index (Phi) is 4.91. The van der Waals surface area contributed by atoms with E-state index in [1.807, 2.05) is 0 Å². The van der Waals surface area contributed by atoms with Gasteiger partial charge in [-0.05, 0) is 24.6 Å². The Balaban J connectivity index is 2.84. The highest BCUT2D eigenvalue weighted by molar-refractivity contribution is 5.84. The summed E-state index contributed by atoms with van der Waals surface area (Å²) < 4.78 is 67.6. The summed E-state index contributed by atoms with van der Waals surface area (Å²) in [5.74, 6) is -7.73. The molecule has 1 atom stereocenters. The Morgan fingerprint density at radius 2 is 1.95 bits per heavy atom. The van der Waals surface area contributed by atoms with Crippen LogP contribution in [0.25, 0.3) is 0 Å². The number of hydrogen-bond acceptors (Lipinski definition) is 2. The van der Waals surface area contributed by atoms with Crippen molar-refractivity contribution < 1.29 is 31.5 Å². The van der Waals surface area contributed by atoms with Gasteiger partial charge in [0.25, 0.3) is 5.91 Å². The fourth-order valence-electron chi connectivity index (χ4n) is 1.43. The van der Waals surface area contributed by atoms with E-state index in [0.717, 1.165) is 6.07 Å². The van der Waals surface area contributed by atoms with E-state index in [2.05, 4.69) is 4.74 Å². The molecule has 1 aromatic carbocycles. The van der Waals surface area contributed by atoms with Gasteiger partial charge in [0.15, 0.2) is 11.6 Å². The van der Waals surface area contributed by atoms with Crippen LogP contribution in [-0.4, -0.2) is 25.4 Å². The first kappa shape index (κ1) is 16.2. The molecule has 1 unspecified atom stereocenters. The van der Waals surface area contributed by atoms with Gasteiger partial charge in [-0.2, -0.15) is 8.78 Å². The van der Waals surface area contributed by atoms with Gasteiger partial charge in [-0.1, -0.05) is 6.07 Å². The second-order valence-electron chi connectivity index (χ2n) is 4.01. The van der Waals surface area contributed by atoms with E-state index in [4.69, 9.17) is 0 Å². The second kappa shape index (κ2) is 6.06. The molecule has 0 aromatic heterocycles. The third kappa shape index (κ3) is 3.37. The summed E-state index contributed by atoms with van der Waals surface area (Å²) in [7, 11) is 1.24. The van der Waals surface area contributed by atoms with Crippen LogP contribution in [0.2, 0.25) is 0 Å². The summed E-state index contributed by atoms with van der Waals surface area (Å²) in [5, 5.41) is 1.71. The quantitative estimate of drug-likeness (QED) is 0.849. The molecule has 0 aliphatic rings. The fourth-order valence-corrected chi connectivity index (χ4v) is 1.43. The maximum absolute atomic E-state index is 13.4. The molecule has 112 valence electrons. The first-order valence-electron chi connectivity index (χ1n) is 5.50. The summed E-state index contributed by atoms with van der Waals surface area (Å²) in [6, 6.07) is 2.46. The Morgan fingerprint density at radius 3 is 2.40 bits per heavy atom. The van der Waals surface area contributed by atoms with Gasteiger partial charge in [0, 0.05) is 0 Å². The molecular weight excluding hydrogens is 285 g/mol. The molecule has 0 bridgehead atoms. The number of benzene rings is 1. The van der Waals surface area contributed by atoms with E-state index in [1.54, 1.807) is 5.32 Å². The average molecular weight is 297 g/mol. The van der Waals surface area contributed by atoms with E-state index in [-0.39, 0.29) is 11.3 Å². The lowest BCUT2D eigenvalue weighted by Crippen LogP contribution is -2.45. The molecule has 1 rings (SSSR count). The molecule has 0 aliphatic heterocycles. The van der Waals surface area contributed by atoms with Crippen LogP contribution in [0.15, 0.2) is 18.2 Å². The molecular formula is C12H12F5NO2. The summed E-state index contributed by atoms with van der Waals surface area (Å²) in [5.41, 5.74) is 0.140. The smallest absolute Gasteiger partial charge is 0.383 e. The van der Waals surface area contributed by atoms with Gasteiger partial charge in [-0.25, -0.2) is 13.2 Å². The van der Waals surface area contributed by atoms with Crippen molar-refractivity contribution in [2.45, 2.75) is 25.3 Å². The van der Waals surface area contributed by atoms with E-state index in [9.17, 15) is 26.7 Å². The van der Waals surface area contributed by atoms with Crippen molar-refractivity contribution in [2.75, 3.05) is 7.11 Å². The highest BCUT2D eigenvalue weighted by Gasteiger charge is 2.49. The number of carbonyl (C=O) groups is 1. The van der Waals surface area contributed by atoms with Crippen molar-refractivity contribution in [3.8, 4) is 5.75 Å². The van der Waals surface area contributed by atoms with Crippen molar-refractivity contribution in [1.82, 2.24) is 5.32 Å². The van der Waals surface area contributed by atoms with Crippen LogP contribution in [0.3, 0.4) is 0 Å². The Hall–Kier alpha value is -1.86. The fraction of sp³-hybridized carbons (Fsp3) is 0.417. The third-order valence-corrected chi connectivity index (χ3v) is 2.60. The van der Waals surface area contributed by atoms with Gasteiger partial charge in [-0.15, -0.1) is 0 Å². The van der Waals surface area contributed by atoms with E-state index in [0.29, 0.717) is 0 Å². The van der Waals surface area contributed by atoms with Gasteiger partial charge in [0.2, 0.25) is 0 Å². The summed E-state index contributed by atoms with van der Waals surface area (Å²) in [6.45, 7) is 1.26. The number of carbonyl (C=O) groups excluding carboxylic acids is 1. The van der Waals surface area contributed by atoms with Gasteiger partial charge < -0.3 is 10.1 Å². The molecule has 0 aliphatic carbocycles. The predicted molar refractivity (Wildman–Crippen MR) is 60.5 cm³/mol. The van der Waals surface area contributed by atoms with Crippen LogP contribution in [-0.2, 0) is 4.79 Å². The minimum Gasteiger partial charge on any atom is -0.494 e. The van der Waals surface area contributed by atoms with Gasteiger partial charge >= 0.3 is 12.3 Å². The number of hydrogen-bond donors (Lipinski definition) is 1. The third-order valence-electron chi connectivity index (χ3n) is 2.60. The predicted octanol–water partition coefficient (Wildman–Crippen LogP) is 2.91. The maximum Gasteiger partial charge on any atom is 0.383 e. The number of rotatable bonds is 5. The Bertz CT molecular complexity index is 493. The minimum absolute atomic E-state index is 0.0646.